The van der Waals surface area contributed by atoms with Crippen LogP contribution in [0.1, 0.15) is 33.1 Å². The fourth-order valence-corrected chi connectivity index (χ4v) is 2.29. The van der Waals surface area contributed by atoms with Crippen LogP contribution in [0.4, 0.5) is 0 Å². The van der Waals surface area contributed by atoms with Crippen LogP contribution in [0.15, 0.2) is 47.1 Å². The molecule has 0 saturated heterocycles. The van der Waals surface area contributed by atoms with Crippen molar-refractivity contribution in [2.24, 2.45) is 0 Å². The van der Waals surface area contributed by atoms with Crippen LogP contribution in [-0.2, 0) is 4.79 Å². The Bertz CT molecular complexity index is 438. The molecule has 0 aromatic rings. The van der Waals surface area contributed by atoms with Gasteiger partial charge in [-0.1, -0.05) is 36.0 Å². The van der Waals surface area contributed by atoms with E-state index in [1.165, 1.54) is 16.7 Å². The van der Waals surface area contributed by atoms with Crippen LogP contribution in [0.5, 0.6) is 0 Å². The fourth-order valence-electron chi connectivity index (χ4n) is 2.29. The standard InChI is InChI=1S/C15H19NO/c1-11-6-8-13(9-7-11)14-4-3-5-15(10-14)16-12(2)17/h3-6,8,15H,7,9-10H2,1-2H3,(H,16,17). The predicted octanol–water partition coefficient (Wildman–Crippen LogP) is 3.04. The van der Waals surface area contributed by atoms with Gasteiger partial charge in [0.1, 0.15) is 0 Å². The predicted molar refractivity (Wildman–Crippen MR) is 70.5 cm³/mol. The lowest BCUT2D eigenvalue weighted by Crippen LogP contribution is -2.32. The summed E-state index contributed by atoms with van der Waals surface area (Å²) in [6.07, 6.45) is 13.9. The summed E-state index contributed by atoms with van der Waals surface area (Å²) in [7, 11) is 0. The molecule has 0 fully saturated rings. The van der Waals surface area contributed by atoms with E-state index >= 15 is 0 Å². The molecule has 1 N–H and O–H groups in total. The Morgan fingerprint density at radius 1 is 1.24 bits per heavy atom. The van der Waals surface area contributed by atoms with Crippen molar-refractivity contribution in [1.82, 2.24) is 5.32 Å². The number of amides is 1. The molecule has 2 nitrogen and oxygen atoms in total. The first-order chi connectivity index (χ1) is 8.15. The summed E-state index contributed by atoms with van der Waals surface area (Å²) in [5, 5.41) is 2.95. The van der Waals surface area contributed by atoms with Crippen molar-refractivity contribution >= 4 is 5.91 Å². The van der Waals surface area contributed by atoms with Crippen LogP contribution in [0.25, 0.3) is 0 Å². The van der Waals surface area contributed by atoms with Crippen LogP contribution >= 0.6 is 0 Å². The number of rotatable bonds is 2. The molecule has 2 heteroatoms. The highest BCUT2D eigenvalue weighted by atomic mass is 16.1. The lowest BCUT2D eigenvalue weighted by atomic mass is 9.88. The van der Waals surface area contributed by atoms with E-state index in [4.69, 9.17) is 0 Å². The first-order valence-corrected chi connectivity index (χ1v) is 6.16. The largest absolute Gasteiger partial charge is 0.350 e. The summed E-state index contributed by atoms with van der Waals surface area (Å²) in [5.41, 5.74) is 4.21. The zero-order valence-electron chi connectivity index (χ0n) is 10.5. The highest BCUT2D eigenvalue weighted by Crippen LogP contribution is 2.28. The monoisotopic (exact) mass is 229 g/mol. The minimum atomic E-state index is 0.0364. The summed E-state index contributed by atoms with van der Waals surface area (Å²) in [5.74, 6) is 0.0364. The molecule has 0 bridgehead atoms. The summed E-state index contributed by atoms with van der Waals surface area (Å²) in [6, 6.07) is 0.153. The Kier molecular flexibility index (Phi) is 3.62. The highest BCUT2D eigenvalue weighted by Gasteiger charge is 2.15. The van der Waals surface area contributed by atoms with Gasteiger partial charge < -0.3 is 5.32 Å². The Labute approximate surface area is 103 Å². The van der Waals surface area contributed by atoms with Crippen LogP contribution in [0.2, 0.25) is 0 Å². The number of carbonyl (C=O) groups excluding carboxylic acids is 1. The third kappa shape index (κ3) is 3.19. The SMILES string of the molecule is CC(=O)NC1C=CC=C(C2=CC=C(C)CC2)C1. The quantitative estimate of drug-likeness (QED) is 0.774. The Balaban J connectivity index is 2.06. The Hall–Kier alpha value is -1.57. The third-order valence-electron chi connectivity index (χ3n) is 3.24. The van der Waals surface area contributed by atoms with Crippen LogP contribution in [0, 0.1) is 0 Å². The minimum Gasteiger partial charge on any atom is -0.350 e. The van der Waals surface area contributed by atoms with E-state index in [2.05, 4.69) is 36.5 Å². The van der Waals surface area contributed by atoms with Crippen molar-refractivity contribution in [2.75, 3.05) is 0 Å². The van der Waals surface area contributed by atoms with E-state index in [1.54, 1.807) is 6.92 Å². The average molecular weight is 229 g/mol. The van der Waals surface area contributed by atoms with Gasteiger partial charge in [0.05, 0.1) is 6.04 Å². The van der Waals surface area contributed by atoms with Crippen molar-refractivity contribution < 1.29 is 4.79 Å². The number of nitrogens with one attached hydrogen (secondary N) is 1. The smallest absolute Gasteiger partial charge is 0.217 e. The van der Waals surface area contributed by atoms with Crippen molar-refractivity contribution in [1.29, 1.82) is 0 Å². The Morgan fingerprint density at radius 2 is 2.06 bits per heavy atom. The minimum absolute atomic E-state index is 0.0364. The zero-order valence-corrected chi connectivity index (χ0v) is 10.5. The second-order valence-corrected chi connectivity index (χ2v) is 4.79. The summed E-state index contributed by atoms with van der Waals surface area (Å²) in [6.45, 7) is 3.74. The van der Waals surface area contributed by atoms with Crippen LogP contribution in [0.3, 0.4) is 0 Å². The van der Waals surface area contributed by atoms with Gasteiger partial charge in [-0.25, -0.2) is 0 Å². The Morgan fingerprint density at radius 3 is 2.71 bits per heavy atom. The molecular formula is C15H19NO. The number of hydrogen-bond donors (Lipinski definition) is 1. The van der Waals surface area contributed by atoms with Gasteiger partial charge in [0.15, 0.2) is 0 Å². The molecule has 0 aromatic heterocycles. The van der Waals surface area contributed by atoms with Crippen LogP contribution < -0.4 is 5.32 Å². The van der Waals surface area contributed by atoms with Gasteiger partial charge in [-0.2, -0.15) is 0 Å². The maximum atomic E-state index is 11.0. The molecule has 90 valence electrons. The molecule has 2 aliphatic carbocycles. The number of carbonyl (C=O) groups is 1. The van der Waals surface area contributed by atoms with Gasteiger partial charge in [0.25, 0.3) is 0 Å². The lowest BCUT2D eigenvalue weighted by Gasteiger charge is -2.22. The fraction of sp³-hybridized carbons (Fsp3) is 0.400. The van der Waals surface area contributed by atoms with Gasteiger partial charge in [-0.05, 0) is 37.3 Å². The number of allylic oxidation sites excluding steroid dienone is 6. The summed E-state index contributed by atoms with van der Waals surface area (Å²) < 4.78 is 0. The molecule has 2 aliphatic rings. The molecule has 2 rings (SSSR count). The molecule has 0 aliphatic heterocycles. The molecule has 0 heterocycles. The van der Waals surface area contributed by atoms with Gasteiger partial charge in [0.2, 0.25) is 5.91 Å². The van der Waals surface area contributed by atoms with E-state index in [9.17, 15) is 4.79 Å². The maximum Gasteiger partial charge on any atom is 0.217 e. The van der Waals surface area contributed by atoms with E-state index in [-0.39, 0.29) is 11.9 Å². The second-order valence-electron chi connectivity index (χ2n) is 4.79. The molecule has 1 atom stereocenters. The second kappa shape index (κ2) is 5.17. The van der Waals surface area contributed by atoms with Crippen molar-refractivity contribution in [3.05, 3.63) is 47.1 Å². The topological polar surface area (TPSA) is 29.1 Å². The van der Waals surface area contributed by atoms with Gasteiger partial charge >= 0.3 is 0 Å². The van der Waals surface area contributed by atoms with E-state index in [1.807, 2.05) is 6.08 Å². The van der Waals surface area contributed by atoms with E-state index in [0.29, 0.717) is 0 Å². The maximum absolute atomic E-state index is 11.0. The lowest BCUT2D eigenvalue weighted by molar-refractivity contribution is -0.119. The highest BCUT2D eigenvalue weighted by molar-refractivity contribution is 5.73. The summed E-state index contributed by atoms with van der Waals surface area (Å²) in [4.78, 5) is 11.0. The first kappa shape index (κ1) is 11.9. The molecule has 0 saturated carbocycles. The molecule has 0 aromatic carbocycles. The summed E-state index contributed by atoms with van der Waals surface area (Å²) >= 11 is 0. The van der Waals surface area contributed by atoms with Gasteiger partial charge in [0, 0.05) is 6.92 Å². The number of hydrogen-bond acceptors (Lipinski definition) is 1. The average Bonchev–Trinajstić information content (AvgIpc) is 2.29. The molecule has 0 spiro atoms. The van der Waals surface area contributed by atoms with E-state index < -0.39 is 0 Å². The molecule has 17 heavy (non-hydrogen) atoms. The van der Waals surface area contributed by atoms with Crippen molar-refractivity contribution in [3.63, 3.8) is 0 Å². The molecule has 0 radical (unpaired) electrons. The third-order valence-corrected chi connectivity index (χ3v) is 3.24. The molecule has 1 amide bonds. The van der Waals surface area contributed by atoms with E-state index in [0.717, 1.165) is 19.3 Å². The first-order valence-electron chi connectivity index (χ1n) is 6.16. The van der Waals surface area contributed by atoms with Crippen LogP contribution in [-0.4, -0.2) is 11.9 Å². The molecular weight excluding hydrogens is 210 g/mol. The normalized spacial score (nSPS) is 23.6. The molecule has 1 unspecified atom stereocenters. The van der Waals surface area contributed by atoms with Gasteiger partial charge in [-0.15, -0.1) is 0 Å². The van der Waals surface area contributed by atoms with Crippen molar-refractivity contribution in [3.8, 4) is 0 Å². The zero-order chi connectivity index (χ0) is 12.3. The van der Waals surface area contributed by atoms with Crippen molar-refractivity contribution in [2.45, 2.75) is 39.2 Å². The van der Waals surface area contributed by atoms with Gasteiger partial charge in [-0.3, -0.25) is 4.79 Å².